The highest BCUT2D eigenvalue weighted by molar-refractivity contribution is 8.00. The van der Waals surface area contributed by atoms with Crippen LogP contribution in [0.1, 0.15) is 23.0 Å². The molecule has 4 aromatic rings. The Morgan fingerprint density at radius 3 is 2.89 bits per heavy atom. The maximum absolute atomic E-state index is 12.5. The molecule has 27 heavy (non-hydrogen) atoms. The van der Waals surface area contributed by atoms with Gasteiger partial charge in [-0.25, -0.2) is 9.78 Å². The number of benzene rings is 2. The SMILES string of the molecule is CCOC(=O)c1c(CSc2nc3ccccc3s2)oc2ccc(OC)cc12. The maximum Gasteiger partial charge on any atom is 0.342 e. The molecule has 0 bridgehead atoms. The highest BCUT2D eigenvalue weighted by Crippen LogP contribution is 2.36. The summed E-state index contributed by atoms with van der Waals surface area (Å²) < 4.78 is 18.6. The Morgan fingerprint density at radius 1 is 1.26 bits per heavy atom. The first-order valence-corrected chi connectivity index (χ1v) is 10.2. The quantitative estimate of drug-likeness (QED) is 0.314. The first-order chi connectivity index (χ1) is 13.2. The lowest BCUT2D eigenvalue weighted by Crippen LogP contribution is -2.06. The molecular weight excluding hydrogens is 382 g/mol. The van der Waals surface area contributed by atoms with Crippen LogP contribution >= 0.6 is 23.1 Å². The Bertz CT molecular complexity index is 1080. The normalized spacial score (nSPS) is 11.2. The van der Waals surface area contributed by atoms with Crippen molar-refractivity contribution in [1.82, 2.24) is 4.98 Å². The zero-order valence-electron chi connectivity index (χ0n) is 14.9. The summed E-state index contributed by atoms with van der Waals surface area (Å²) in [6.45, 7) is 2.09. The Hall–Kier alpha value is -2.51. The van der Waals surface area contributed by atoms with Crippen LogP contribution in [-0.2, 0) is 10.5 Å². The minimum atomic E-state index is -0.385. The van der Waals surface area contributed by atoms with Gasteiger partial charge in [-0.15, -0.1) is 11.3 Å². The van der Waals surface area contributed by atoms with Gasteiger partial charge in [0.15, 0.2) is 4.34 Å². The van der Waals surface area contributed by atoms with Gasteiger partial charge in [0.25, 0.3) is 0 Å². The van der Waals surface area contributed by atoms with E-state index in [4.69, 9.17) is 13.9 Å². The van der Waals surface area contributed by atoms with Gasteiger partial charge >= 0.3 is 5.97 Å². The van der Waals surface area contributed by atoms with Gasteiger partial charge in [-0.05, 0) is 37.3 Å². The van der Waals surface area contributed by atoms with Crippen molar-refractivity contribution >= 4 is 50.3 Å². The van der Waals surface area contributed by atoms with Gasteiger partial charge in [-0.2, -0.15) is 0 Å². The lowest BCUT2D eigenvalue weighted by Gasteiger charge is -2.03. The monoisotopic (exact) mass is 399 g/mol. The number of methoxy groups -OCH3 is 1. The molecule has 0 amide bonds. The highest BCUT2D eigenvalue weighted by Gasteiger charge is 2.23. The maximum atomic E-state index is 12.5. The Kier molecular flexibility index (Phi) is 5.05. The summed E-state index contributed by atoms with van der Waals surface area (Å²) in [5.41, 5.74) is 2.07. The molecule has 2 aromatic heterocycles. The van der Waals surface area contributed by atoms with E-state index in [0.717, 1.165) is 14.6 Å². The fraction of sp³-hybridized carbons (Fsp3) is 0.200. The molecule has 0 fully saturated rings. The van der Waals surface area contributed by atoms with Crippen LogP contribution in [0.4, 0.5) is 0 Å². The predicted octanol–water partition coefficient (Wildman–Crippen LogP) is 5.52. The number of carbonyl (C=O) groups excluding carboxylic acids is 1. The molecule has 2 heterocycles. The minimum Gasteiger partial charge on any atom is -0.497 e. The van der Waals surface area contributed by atoms with E-state index >= 15 is 0 Å². The van der Waals surface area contributed by atoms with Crippen molar-refractivity contribution in [3.63, 3.8) is 0 Å². The van der Waals surface area contributed by atoms with Crippen molar-refractivity contribution in [2.75, 3.05) is 13.7 Å². The van der Waals surface area contributed by atoms with Gasteiger partial charge in [-0.1, -0.05) is 23.9 Å². The van der Waals surface area contributed by atoms with Crippen molar-refractivity contribution in [3.05, 3.63) is 53.8 Å². The van der Waals surface area contributed by atoms with E-state index in [1.165, 1.54) is 0 Å². The second kappa shape index (κ2) is 7.62. The van der Waals surface area contributed by atoms with Gasteiger partial charge in [-0.3, -0.25) is 0 Å². The first kappa shape index (κ1) is 17.9. The summed E-state index contributed by atoms with van der Waals surface area (Å²) in [4.78, 5) is 17.2. The van der Waals surface area contributed by atoms with E-state index in [-0.39, 0.29) is 5.97 Å². The van der Waals surface area contributed by atoms with E-state index in [1.54, 1.807) is 43.2 Å². The number of hydrogen-bond acceptors (Lipinski definition) is 7. The number of fused-ring (bicyclic) bond motifs is 2. The van der Waals surface area contributed by atoms with Crippen LogP contribution in [0.2, 0.25) is 0 Å². The predicted molar refractivity (Wildman–Crippen MR) is 108 cm³/mol. The topological polar surface area (TPSA) is 61.6 Å². The third-order valence-electron chi connectivity index (χ3n) is 4.05. The Morgan fingerprint density at radius 2 is 2.11 bits per heavy atom. The molecule has 0 aliphatic carbocycles. The van der Waals surface area contributed by atoms with Crippen LogP contribution in [0.5, 0.6) is 5.75 Å². The summed E-state index contributed by atoms with van der Waals surface area (Å²) in [5.74, 6) is 1.36. The summed E-state index contributed by atoms with van der Waals surface area (Å²) in [6.07, 6.45) is 0. The second-order valence-corrected chi connectivity index (χ2v) is 7.97. The fourth-order valence-electron chi connectivity index (χ4n) is 2.82. The standard InChI is InChI=1S/C20H17NO4S2/c1-3-24-19(22)18-13-10-12(23-2)8-9-15(13)25-16(18)11-26-20-21-14-6-4-5-7-17(14)27-20/h4-10H,3,11H2,1-2H3. The summed E-state index contributed by atoms with van der Waals surface area (Å²) in [6, 6.07) is 13.4. The van der Waals surface area contributed by atoms with Crippen molar-refractivity contribution in [2.45, 2.75) is 17.0 Å². The molecule has 0 aliphatic heterocycles. The summed E-state index contributed by atoms with van der Waals surface area (Å²) >= 11 is 3.18. The Labute approximate surface area is 164 Å². The molecule has 2 aromatic carbocycles. The van der Waals surface area contributed by atoms with Crippen molar-refractivity contribution in [1.29, 1.82) is 0 Å². The molecule has 0 radical (unpaired) electrons. The van der Waals surface area contributed by atoms with Gasteiger partial charge in [0.1, 0.15) is 22.7 Å². The zero-order valence-corrected chi connectivity index (χ0v) is 16.5. The van der Waals surface area contributed by atoms with Crippen LogP contribution in [0.25, 0.3) is 21.2 Å². The molecule has 138 valence electrons. The van der Waals surface area contributed by atoms with E-state index in [0.29, 0.717) is 40.4 Å². The van der Waals surface area contributed by atoms with Crippen LogP contribution < -0.4 is 4.74 Å². The van der Waals surface area contributed by atoms with Gasteiger partial charge in [0.2, 0.25) is 0 Å². The lowest BCUT2D eigenvalue weighted by molar-refractivity contribution is 0.0526. The minimum absolute atomic E-state index is 0.305. The third kappa shape index (κ3) is 3.52. The number of ether oxygens (including phenoxy) is 2. The summed E-state index contributed by atoms with van der Waals surface area (Å²) in [7, 11) is 1.59. The van der Waals surface area contributed by atoms with Crippen molar-refractivity contribution in [3.8, 4) is 5.75 Å². The van der Waals surface area contributed by atoms with Gasteiger partial charge < -0.3 is 13.9 Å². The first-order valence-electron chi connectivity index (χ1n) is 8.44. The molecule has 0 spiro atoms. The highest BCUT2D eigenvalue weighted by atomic mass is 32.2. The second-order valence-electron chi connectivity index (χ2n) is 5.72. The van der Waals surface area contributed by atoms with E-state index in [2.05, 4.69) is 11.1 Å². The van der Waals surface area contributed by atoms with E-state index < -0.39 is 0 Å². The molecule has 0 aliphatic rings. The number of thiazole rings is 1. The van der Waals surface area contributed by atoms with Crippen LogP contribution in [0.15, 0.2) is 51.2 Å². The van der Waals surface area contributed by atoms with Crippen LogP contribution in [0.3, 0.4) is 0 Å². The molecule has 0 unspecified atom stereocenters. The number of para-hydroxylation sites is 1. The molecular formula is C20H17NO4S2. The number of esters is 1. The number of aromatic nitrogens is 1. The number of furan rings is 1. The average molecular weight is 399 g/mol. The molecule has 0 N–H and O–H groups in total. The molecule has 0 saturated heterocycles. The van der Waals surface area contributed by atoms with E-state index in [1.807, 2.05) is 30.3 Å². The molecule has 4 rings (SSSR count). The number of thioether (sulfide) groups is 1. The Balaban J connectivity index is 1.68. The smallest absolute Gasteiger partial charge is 0.342 e. The van der Waals surface area contributed by atoms with Crippen LogP contribution in [-0.4, -0.2) is 24.7 Å². The molecule has 0 saturated carbocycles. The van der Waals surface area contributed by atoms with E-state index in [9.17, 15) is 4.79 Å². The van der Waals surface area contributed by atoms with Gasteiger partial charge in [0.05, 0.1) is 29.7 Å². The molecule has 0 atom stereocenters. The largest absolute Gasteiger partial charge is 0.497 e. The number of hydrogen-bond donors (Lipinski definition) is 0. The summed E-state index contributed by atoms with van der Waals surface area (Å²) in [5, 5.41) is 0.702. The van der Waals surface area contributed by atoms with Gasteiger partial charge in [0, 0.05) is 5.39 Å². The average Bonchev–Trinajstić information content (AvgIpc) is 3.26. The van der Waals surface area contributed by atoms with Crippen molar-refractivity contribution < 1.29 is 18.7 Å². The molecule has 7 heteroatoms. The zero-order chi connectivity index (χ0) is 18.8. The number of rotatable bonds is 6. The molecule has 5 nitrogen and oxygen atoms in total. The number of carbonyl (C=O) groups is 1. The lowest BCUT2D eigenvalue weighted by atomic mass is 10.1. The van der Waals surface area contributed by atoms with Crippen LogP contribution in [0, 0.1) is 0 Å². The fourth-order valence-corrected chi connectivity index (χ4v) is 4.82. The number of nitrogens with zero attached hydrogens (tertiary/aromatic N) is 1. The third-order valence-corrected chi connectivity index (χ3v) is 6.23. The van der Waals surface area contributed by atoms with Crippen molar-refractivity contribution in [2.24, 2.45) is 0 Å².